The van der Waals surface area contributed by atoms with Gasteiger partial charge >= 0.3 is 0 Å². The quantitative estimate of drug-likeness (QED) is 0.826. The molecule has 18 heavy (non-hydrogen) atoms. The summed E-state index contributed by atoms with van der Waals surface area (Å²) < 4.78 is 0. The molecule has 1 heterocycles. The van der Waals surface area contributed by atoms with Gasteiger partial charge in [0.15, 0.2) is 0 Å². The van der Waals surface area contributed by atoms with Crippen molar-refractivity contribution in [3.63, 3.8) is 0 Å². The van der Waals surface area contributed by atoms with Gasteiger partial charge in [-0.1, -0.05) is 26.0 Å². The lowest BCUT2D eigenvalue weighted by Gasteiger charge is -2.26. The average molecular weight is 263 g/mol. The maximum absolute atomic E-state index is 12.5. The Hall–Kier alpha value is -0.960. The largest absolute Gasteiger partial charge is 0.338 e. The Morgan fingerprint density at radius 3 is 2.56 bits per heavy atom. The molecule has 2 rings (SSSR count). The summed E-state index contributed by atoms with van der Waals surface area (Å²) in [5.74, 6) is 0.129. The van der Waals surface area contributed by atoms with E-state index < -0.39 is 0 Å². The molecule has 0 radical (unpaired) electrons. The van der Waals surface area contributed by atoms with Crippen molar-refractivity contribution in [1.82, 2.24) is 4.90 Å². The number of rotatable bonds is 3. The van der Waals surface area contributed by atoms with Crippen LogP contribution in [0.25, 0.3) is 0 Å². The van der Waals surface area contributed by atoms with Crippen molar-refractivity contribution in [3.8, 4) is 0 Å². The summed E-state index contributed by atoms with van der Waals surface area (Å²) in [6.45, 7) is 6.22. The van der Waals surface area contributed by atoms with Gasteiger partial charge in [0.1, 0.15) is 0 Å². The smallest absolute Gasteiger partial charge is 0.254 e. The third kappa shape index (κ3) is 2.41. The van der Waals surface area contributed by atoms with Gasteiger partial charge in [0, 0.05) is 18.0 Å². The predicted octanol–water partition coefficient (Wildman–Crippen LogP) is 3.63. The Balaban J connectivity index is 2.15. The van der Waals surface area contributed by atoms with E-state index in [-0.39, 0.29) is 5.91 Å². The molecule has 1 aliphatic heterocycles. The van der Waals surface area contributed by atoms with Gasteiger partial charge in [-0.25, -0.2) is 0 Å². The summed E-state index contributed by atoms with van der Waals surface area (Å²) in [7, 11) is 0. The van der Waals surface area contributed by atoms with Crippen molar-refractivity contribution in [3.05, 3.63) is 29.8 Å². The highest BCUT2D eigenvalue weighted by molar-refractivity contribution is 7.80. The van der Waals surface area contributed by atoms with Crippen LogP contribution in [0.15, 0.2) is 29.2 Å². The van der Waals surface area contributed by atoms with Gasteiger partial charge in [-0.05, 0) is 36.8 Å². The van der Waals surface area contributed by atoms with Crippen LogP contribution in [0, 0.1) is 5.41 Å². The SMILES string of the molecule is CCC1(CC)CCN(C(=O)c2ccccc2S)C1. The second kappa shape index (κ2) is 5.35. The van der Waals surface area contributed by atoms with Crippen LogP contribution in [-0.2, 0) is 0 Å². The van der Waals surface area contributed by atoms with Crippen molar-refractivity contribution in [2.24, 2.45) is 5.41 Å². The number of hydrogen-bond acceptors (Lipinski definition) is 2. The van der Waals surface area contributed by atoms with E-state index in [0.717, 1.165) is 42.8 Å². The normalized spacial score (nSPS) is 18.1. The first-order valence-corrected chi connectivity index (χ1v) is 7.14. The van der Waals surface area contributed by atoms with Gasteiger partial charge in [-0.3, -0.25) is 4.79 Å². The Morgan fingerprint density at radius 2 is 2.00 bits per heavy atom. The molecule has 98 valence electrons. The Bertz CT molecular complexity index is 440. The Labute approximate surface area is 115 Å². The van der Waals surface area contributed by atoms with Crippen molar-refractivity contribution < 1.29 is 4.79 Å². The van der Waals surface area contributed by atoms with Crippen LogP contribution in [0.3, 0.4) is 0 Å². The van der Waals surface area contributed by atoms with E-state index in [1.165, 1.54) is 0 Å². The van der Waals surface area contributed by atoms with Crippen LogP contribution in [-0.4, -0.2) is 23.9 Å². The second-order valence-corrected chi connectivity index (χ2v) is 5.68. The molecule has 0 spiro atoms. The summed E-state index contributed by atoms with van der Waals surface area (Å²) in [6.07, 6.45) is 3.42. The second-order valence-electron chi connectivity index (χ2n) is 5.20. The fraction of sp³-hybridized carbons (Fsp3) is 0.533. The van der Waals surface area contributed by atoms with E-state index >= 15 is 0 Å². The van der Waals surface area contributed by atoms with Gasteiger partial charge in [0.2, 0.25) is 0 Å². The third-order valence-electron chi connectivity index (χ3n) is 4.36. The number of hydrogen-bond donors (Lipinski definition) is 1. The molecule has 0 aromatic heterocycles. The topological polar surface area (TPSA) is 20.3 Å². The zero-order valence-corrected chi connectivity index (χ0v) is 12.0. The minimum atomic E-state index is 0.129. The van der Waals surface area contributed by atoms with Crippen LogP contribution in [0.4, 0.5) is 0 Å². The summed E-state index contributed by atoms with van der Waals surface area (Å²) in [5.41, 5.74) is 1.06. The van der Waals surface area contributed by atoms with E-state index in [1.54, 1.807) is 0 Å². The van der Waals surface area contributed by atoms with E-state index in [0.29, 0.717) is 5.41 Å². The van der Waals surface area contributed by atoms with E-state index in [9.17, 15) is 4.79 Å². The first-order chi connectivity index (χ1) is 8.62. The lowest BCUT2D eigenvalue weighted by atomic mass is 9.82. The molecule has 0 atom stereocenters. The number of amides is 1. The lowest BCUT2D eigenvalue weighted by molar-refractivity contribution is 0.0766. The highest BCUT2D eigenvalue weighted by Crippen LogP contribution is 2.37. The minimum absolute atomic E-state index is 0.129. The highest BCUT2D eigenvalue weighted by Gasteiger charge is 2.37. The van der Waals surface area contributed by atoms with Crippen LogP contribution in [0.5, 0.6) is 0 Å². The number of carbonyl (C=O) groups excluding carboxylic acids is 1. The van der Waals surface area contributed by atoms with Gasteiger partial charge in [0.05, 0.1) is 5.56 Å². The van der Waals surface area contributed by atoms with E-state index in [2.05, 4.69) is 26.5 Å². The zero-order chi connectivity index (χ0) is 13.2. The van der Waals surface area contributed by atoms with Crippen molar-refractivity contribution in [2.45, 2.75) is 38.0 Å². The molecular formula is C15H21NOS. The zero-order valence-electron chi connectivity index (χ0n) is 11.1. The van der Waals surface area contributed by atoms with Gasteiger partial charge in [-0.15, -0.1) is 12.6 Å². The Morgan fingerprint density at radius 1 is 1.33 bits per heavy atom. The summed E-state index contributed by atoms with van der Waals surface area (Å²) in [4.78, 5) is 15.2. The van der Waals surface area contributed by atoms with Crippen LogP contribution in [0.1, 0.15) is 43.5 Å². The molecule has 0 saturated carbocycles. The highest BCUT2D eigenvalue weighted by atomic mass is 32.1. The molecule has 1 aromatic rings. The fourth-order valence-electron chi connectivity index (χ4n) is 2.76. The maximum atomic E-state index is 12.5. The molecule has 1 aromatic carbocycles. The van der Waals surface area contributed by atoms with Gasteiger partial charge in [0.25, 0.3) is 5.91 Å². The summed E-state index contributed by atoms with van der Waals surface area (Å²) >= 11 is 4.37. The van der Waals surface area contributed by atoms with E-state index in [4.69, 9.17) is 0 Å². The molecule has 0 unspecified atom stereocenters. The first-order valence-electron chi connectivity index (χ1n) is 6.69. The van der Waals surface area contributed by atoms with E-state index in [1.807, 2.05) is 29.2 Å². The third-order valence-corrected chi connectivity index (χ3v) is 4.75. The summed E-state index contributed by atoms with van der Waals surface area (Å²) in [6, 6.07) is 7.54. The summed E-state index contributed by atoms with van der Waals surface area (Å²) in [5, 5.41) is 0. The number of benzene rings is 1. The number of thiol groups is 1. The lowest BCUT2D eigenvalue weighted by Crippen LogP contribution is -2.32. The molecule has 0 N–H and O–H groups in total. The van der Waals surface area contributed by atoms with Crippen LogP contribution < -0.4 is 0 Å². The van der Waals surface area contributed by atoms with Gasteiger partial charge < -0.3 is 4.90 Å². The molecule has 2 nitrogen and oxygen atoms in total. The molecule has 1 saturated heterocycles. The van der Waals surface area contributed by atoms with Crippen molar-refractivity contribution in [2.75, 3.05) is 13.1 Å². The number of carbonyl (C=O) groups is 1. The van der Waals surface area contributed by atoms with Crippen LogP contribution >= 0.6 is 12.6 Å². The molecule has 0 aliphatic carbocycles. The number of likely N-dealkylation sites (tertiary alicyclic amines) is 1. The standard InChI is InChI=1S/C15H21NOS/c1-3-15(4-2)9-10-16(11-15)14(17)12-7-5-6-8-13(12)18/h5-8,18H,3-4,9-11H2,1-2H3. The van der Waals surface area contributed by atoms with Crippen molar-refractivity contribution in [1.29, 1.82) is 0 Å². The van der Waals surface area contributed by atoms with Crippen molar-refractivity contribution >= 4 is 18.5 Å². The molecule has 1 fully saturated rings. The maximum Gasteiger partial charge on any atom is 0.254 e. The molecule has 1 aliphatic rings. The predicted molar refractivity (Wildman–Crippen MR) is 77.2 cm³/mol. The minimum Gasteiger partial charge on any atom is -0.338 e. The molecule has 1 amide bonds. The number of nitrogens with zero attached hydrogens (tertiary/aromatic N) is 1. The van der Waals surface area contributed by atoms with Crippen LogP contribution in [0.2, 0.25) is 0 Å². The average Bonchev–Trinajstić information content (AvgIpc) is 2.84. The Kier molecular flexibility index (Phi) is 4.00. The van der Waals surface area contributed by atoms with Gasteiger partial charge in [-0.2, -0.15) is 0 Å². The monoisotopic (exact) mass is 263 g/mol. The molecule has 3 heteroatoms. The molecular weight excluding hydrogens is 242 g/mol. The molecule has 0 bridgehead atoms. The fourth-order valence-corrected chi connectivity index (χ4v) is 3.02. The first kappa shape index (κ1) is 13.5.